The molecular weight excluding hydrogens is 155 g/mol. The Morgan fingerprint density at radius 1 is 1.42 bits per heavy atom. The highest BCUT2D eigenvalue weighted by Gasteiger charge is 2.32. The fourth-order valence-electron chi connectivity index (χ4n) is 1.48. The number of halogens is 1. The van der Waals surface area contributed by atoms with Gasteiger partial charge in [-0.15, -0.1) is 0 Å². The molecule has 3 atom stereocenters. The van der Waals surface area contributed by atoms with Crippen LogP contribution in [0.3, 0.4) is 0 Å². The minimum atomic E-state index is -0.718. The number of alkyl halides is 1. The average Bonchev–Trinajstić information content (AvgIpc) is 2.34. The van der Waals surface area contributed by atoms with E-state index in [4.69, 9.17) is 5.73 Å². The van der Waals surface area contributed by atoms with E-state index in [1.807, 2.05) is 32.7 Å². The smallest absolute Gasteiger partial charge is 0.118 e. The molecule has 1 heterocycles. The van der Waals surface area contributed by atoms with Crippen molar-refractivity contribution in [2.45, 2.75) is 33.0 Å². The first-order valence-electron chi connectivity index (χ1n) is 4.69. The quantitative estimate of drug-likeness (QED) is 0.651. The van der Waals surface area contributed by atoms with Crippen molar-refractivity contribution in [3.8, 4) is 0 Å². The molecule has 3 heteroatoms. The molecule has 0 radical (unpaired) electrons. The average molecular weight is 176 g/mol. The zero-order chi connectivity index (χ0) is 9.72. The predicted molar refractivity (Wildman–Crippen MR) is 50.9 cm³/mol. The van der Waals surface area contributed by atoms with Gasteiger partial charge in [-0.3, -0.25) is 0 Å². The molecular formula is C9H21FN2. The van der Waals surface area contributed by atoms with Crippen LogP contribution >= 0.6 is 0 Å². The van der Waals surface area contributed by atoms with Gasteiger partial charge in [0.05, 0.1) is 0 Å². The molecule has 0 spiro atoms. The summed E-state index contributed by atoms with van der Waals surface area (Å²) in [4.78, 5) is 1.98. The Bertz CT molecular complexity index is 117. The Morgan fingerprint density at radius 3 is 2.08 bits per heavy atom. The van der Waals surface area contributed by atoms with Crippen molar-refractivity contribution in [3.05, 3.63) is 0 Å². The second kappa shape index (κ2) is 5.49. The molecule has 2 N–H and O–H groups in total. The highest BCUT2D eigenvalue weighted by Crippen LogP contribution is 2.20. The molecule has 0 saturated carbocycles. The summed E-state index contributed by atoms with van der Waals surface area (Å²) in [6, 6.07) is -0.0139. The van der Waals surface area contributed by atoms with Crippen LogP contribution in [0, 0.1) is 5.92 Å². The molecule has 1 fully saturated rings. The fraction of sp³-hybridized carbons (Fsp3) is 1.00. The molecule has 1 saturated heterocycles. The van der Waals surface area contributed by atoms with Crippen molar-refractivity contribution in [3.63, 3.8) is 0 Å². The van der Waals surface area contributed by atoms with E-state index in [2.05, 4.69) is 0 Å². The minimum Gasteiger partial charge on any atom is -0.328 e. The monoisotopic (exact) mass is 176 g/mol. The number of rotatable bonds is 1. The highest BCUT2D eigenvalue weighted by atomic mass is 19.1. The highest BCUT2D eigenvalue weighted by molar-refractivity contribution is 4.86. The van der Waals surface area contributed by atoms with Crippen molar-refractivity contribution >= 4 is 0 Å². The first-order chi connectivity index (χ1) is 5.61. The third-order valence-electron chi connectivity index (χ3n) is 2.15. The Balaban J connectivity index is 0.000000561. The van der Waals surface area contributed by atoms with Gasteiger partial charge in [0.2, 0.25) is 0 Å². The third-order valence-corrected chi connectivity index (χ3v) is 2.15. The molecule has 1 aliphatic rings. The van der Waals surface area contributed by atoms with E-state index in [1.54, 1.807) is 0 Å². The fourth-order valence-corrected chi connectivity index (χ4v) is 1.48. The lowest BCUT2D eigenvalue weighted by atomic mass is 10.0. The number of hydrogen-bond donors (Lipinski definition) is 1. The van der Waals surface area contributed by atoms with Crippen LogP contribution in [-0.4, -0.2) is 37.3 Å². The molecule has 2 nitrogen and oxygen atoms in total. The standard InChI is InChI=1S/C7H15FN2.C2H6/c1-5(9)6-3-10(2)4-7(6)8;1-2/h5-7H,3-4,9H2,1-2H3;1-2H3. The second-order valence-corrected chi connectivity index (χ2v) is 3.26. The van der Waals surface area contributed by atoms with Crippen LogP contribution in [0.2, 0.25) is 0 Å². The normalized spacial score (nSPS) is 32.5. The van der Waals surface area contributed by atoms with Gasteiger partial charge in [-0.05, 0) is 14.0 Å². The molecule has 1 rings (SSSR count). The summed E-state index contributed by atoms with van der Waals surface area (Å²) in [5.74, 6) is 0.0463. The Morgan fingerprint density at radius 2 is 1.92 bits per heavy atom. The summed E-state index contributed by atoms with van der Waals surface area (Å²) in [6.07, 6.45) is -0.718. The predicted octanol–water partition coefficient (Wildman–Crippen LogP) is 1.26. The van der Waals surface area contributed by atoms with E-state index in [-0.39, 0.29) is 12.0 Å². The molecule has 0 aromatic heterocycles. The topological polar surface area (TPSA) is 29.3 Å². The van der Waals surface area contributed by atoms with Gasteiger partial charge in [0.25, 0.3) is 0 Å². The molecule has 12 heavy (non-hydrogen) atoms. The van der Waals surface area contributed by atoms with Crippen molar-refractivity contribution in [2.24, 2.45) is 11.7 Å². The number of nitrogens with zero attached hydrogens (tertiary/aromatic N) is 1. The maximum absolute atomic E-state index is 13.0. The molecule has 0 aromatic carbocycles. The number of nitrogens with two attached hydrogens (primary N) is 1. The van der Waals surface area contributed by atoms with Gasteiger partial charge in [0, 0.05) is 25.0 Å². The van der Waals surface area contributed by atoms with Gasteiger partial charge in [0.1, 0.15) is 6.17 Å². The van der Waals surface area contributed by atoms with Crippen molar-refractivity contribution in [2.75, 3.05) is 20.1 Å². The van der Waals surface area contributed by atoms with Gasteiger partial charge in [0.15, 0.2) is 0 Å². The van der Waals surface area contributed by atoms with Crippen LogP contribution in [-0.2, 0) is 0 Å². The zero-order valence-corrected chi connectivity index (χ0v) is 8.55. The van der Waals surface area contributed by atoms with E-state index in [0.29, 0.717) is 6.54 Å². The van der Waals surface area contributed by atoms with Gasteiger partial charge in [-0.1, -0.05) is 13.8 Å². The van der Waals surface area contributed by atoms with E-state index in [9.17, 15) is 4.39 Å². The minimum absolute atomic E-state index is 0.0139. The molecule has 0 amide bonds. The van der Waals surface area contributed by atoms with Gasteiger partial charge in [-0.25, -0.2) is 4.39 Å². The van der Waals surface area contributed by atoms with Crippen molar-refractivity contribution < 1.29 is 4.39 Å². The van der Waals surface area contributed by atoms with Crippen LogP contribution in [0.1, 0.15) is 20.8 Å². The Kier molecular flexibility index (Phi) is 5.42. The van der Waals surface area contributed by atoms with E-state index in [0.717, 1.165) is 6.54 Å². The van der Waals surface area contributed by atoms with Crippen LogP contribution in [0.15, 0.2) is 0 Å². The summed E-state index contributed by atoms with van der Waals surface area (Å²) in [6.45, 7) is 7.22. The summed E-state index contributed by atoms with van der Waals surface area (Å²) >= 11 is 0. The Labute approximate surface area is 74.9 Å². The van der Waals surface area contributed by atoms with Gasteiger partial charge >= 0.3 is 0 Å². The second-order valence-electron chi connectivity index (χ2n) is 3.26. The van der Waals surface area contributed by atoms with Crippen LogP contribution in [0.25, 0.3) is 0 Å². The molecule has 74 valence electrons. The lowest BCUT2D eigenvalue weighted by Gasteiger charge is -2.15. The van der Waals surface area contributed by atoms with E-state index in [1.165, 1.54) is 0 Å². The Hall–Kier alpha value is -0.150. The zero-order valence-electron chi connectivity index (χ0n) is 8.55. The maximum atomic E-state index is 13.0. The summed E-state index contributed by atoms with van der Waals surface area (Å²) < 4.78 is 13.0. The number of likely N-dealkylation sites (tertiary alicyclic amines) is 1. The summed E-state index contributed by atoms with van der Waals surface area (Å²) in [7, 11) is 1.93. The van der Waals surface area contributed by atoms with E-state index < -0.39 is 6.17 Å². The third kappa shape index (κ3) is 3.07. The van der Waals surface area contributed by atoms with Crippen molar-refractivity contribution in [1.82, 2.24) is 4.90 Å². The van der Waals surface area contributed by atoms with Gasteiger partial charge in [-0.2, -0.15) is 0 Å². The summed E-state index contributed by atoms with van der Waals surface area (Å²) in [5, 5.41) is 0. The first-order valence-corrected chi connectivity index (χ1v) is 4.69. The van der Waals surface area contributed by atoms with Crippen LogP contribution in [0.5, 0.6) is 0 Å². The lowest BCUT2D eigenvalue weighted by Crippen LogP contribution is -2.33. The number of hydrogen-bond acceptors (Lipinski definition) is 2. The maximum Gasteiger partial charge on any atom is 0.118 e. The molecule has 0 aliphatic carbocycles. The summed E-state index contributed by atoms with van der Waals surface area (Å²) in [5.41, 5.74) is 5.58. The van der Waals surface area contributed by atoms with Crippen LogP contribution in [0.4, 0.5) is 4.39 Å². The molecule has 3 unspecified atom stereocenters. The van der Waals surface area contributed by atoms with E-state index >= 15 is 0 Å². The molecule has 0 aromatic rings. The van der Waals surface area contributed by atoms with Crippen molar-refractivity contribution in [1.29, 1.82) is 0 Å². The molecule has 1 aliphatic heterocycles. The first kappa shape index (κ1) is 11.8. The molecule has 0 bridgehead atoms. The van der Waals surface area contributed by atoms with Gasteiger partial charge < -0.3 is 10.6 Å². The SMILES string of the molecule is CC.CC(N)C1CN(C)CC1F. The van der Waals surface area contributed by atoms with Crippen LogP contribution < -0.4 is 5.73 Å². The largest absolute Gasteiger partial charge is 0.328 e. The lowest BCUT2D eigenvalue weighted by molar-refractivity contribution is 0.258.